The second-order valence-electron chi connectivity index (χ2n) is 7.15. The zero-order valence-electron chi connectivity index (χ0n) is 18.5. The fourth-order valence-corrected chi connectivity index (χ4v) is 3.83. The zero-order valence-corrected chi connectivity index (χ0v) is 19.3. The summed E-state index contributed by atoms with van der Waals surface area (Å²) in [5.41, 5.74) is 3.89. The number of aliphatic imine (C=N–C) groups is 2. The molecule has 0 bridgehead atoms. The van der Waals surface area contributed by atoms with Gasteiger partial charge in [-0.25, -0.2) is 0 Å². The first-order valence-corrected chi connectivity index (χ1v) is 11.3. The smallest absolute Gasteiger partial charge is 0.118 e. The summed E-state index contributed by atoms with van der Waals surface area (Å²) >= 11 is 1.71. The first-order valence-electron chi connectivity index (χ1n) is 10.5. The van der Waals surface area contributed by atoms with E-state index in [0.29, 0.717) is 0 Å². The van der Waals surface area contributed by atoms with Crippen LogP contribution >= 0.6 is 11.8 Å². The topological polar surface area (TPSA) is 43.2 Å². The van der Waals surface area contributed by atoms with Crippen LogP contribution in [0.15, 0.2) is 117 Å². The fraction of sp³-hybridized carbons (Fsp3) is 0.0714. The third kappa shape index (κ3) is 6.57. The first kappa shape index (κ1) is 22.4. The number of hydrogen-bond donors (Lipinski definition) is 0. The van der Waals surface area contributed by atoms with Gasteiger partial charge in [-0.2, -0.15) is 0 Å². The average Bonchev–Trinajstić information content (AvgIpc) is 2.88. The normalized spacial score (nSPS) is 11.2. The standard InChI is InChI=1S/C28H24N2O2S/c1-31-25-11-3-21(4-12-25)19-29-23-7-15-27(16-8-23)33-28-17-9-24(10-18-28)30-20-22-5-13-26(32-2)14-6-22/h3-20H,1-2H3. The van der Waals surface area contributed by atoms with E-state index in [1.807, 2.05) is 85.2 Å². The lowest BCUT2D eigenvalue weighted by atomic mass is 10.2. The van der Waals surface area contributed by atoms with Gasteiger partial charge in [-0.05, 0) is 108 Å². The van der Waals surface area contributed by atoms with Crippen LogP contribution in [0.5, 0.6) is 11.5 Å². The van der Waals surface area contributed by atoms with Crippen LogP contribution in [0.4, 0.5) is 11.4 Å². The van der Waals surface area contributed by atoms with Gasteiger partial charge in [0.15, 0.2) is 0 Å². The Labute approximate surface area is 198 Å². The van der Waals surface area contributed by atoms with Crippen molar-refractivity contribution >= 4 is 35.6 Å². The van der Waals surface area contributed by atoms with Gasteiger partial charge < -0.3 is 9.47 Å². The van der Waals surface area contributed by atoms with Crippen molar-refractivity contribution in [2.45, 2.75) is 9.79 Å². The molecule has 0 aliphatic heterocycles. The van der Waals surface area contributed by atoms with E-state index in [4.69, 9.17) is 9.47 Å². The van der Waals surface area contributed by atoms with Gasteiger partial charge in [-0.3, -0.25) is 9.98 Å². The molecule has 5 heteroatoms. The van der Waals surface area contributed by atoms with Gasteiger partial charge in [-0.15, -0.1) is 0 Å². The Balaban J connectivity index is 1.33. The highest BCUT2D eigenvalue weighted by Crippen LogP contribution is 2.30. The van der Waals surface area contributed by atoms with Crippen LogP contribution in [0.2, 0.25) is 0 Å². The maximum atomic E-state index is 5.18. The summed E-state index contributed by atoms with van der Waals surface area (Å²) < 4.78 is 10.4. The lowest BCUT2D eigenvalue weighted by molar-refractivity contribution is 0.414. The molecule has 0 radical (unpaired) electrons. The van der Waals surface area contributed by atoms with E-state index in [-0.39, 0.29) is 0 Å². The number of hydrogen-bond acceptors (Lipinski definition) is 5. The van der Waals surface area contributed by atoms with E-state index in [0.717, 1.165) is 43.8 Å². The molecule has 4 aromatic rings. The summed E-state index contributed by atoms with van der Waals surface area (Å²) in [7, 11) is 3.32. The molecule has 4 aromatic carbocycles. The summed E-state index contributed by atoms with van der Waals surface area (Å²) in [5.74, 6) is 1.68. The summed E-state index contributed by atoms with van der Waals surface area (Å²) in [4.78, 5) is 11.4. The van der Waals surface area contributed by atoms with E-state index in [2.05, 4.69) is 34.3 Å². The van der Waals surface area contributed by atoms with Crippen LogP contribution in [0.25, 0.3) is 0 Å². The van der Waals surface area contributed by atoms with E-state index in [1.54, 1.807) is 26.0 Å². The molecule has 164 valence electrons. The monoisotopic (exact) mass is 452 g/mol. The van der Waals surface area contributed by atoms with Crippen LogP contribution in [-0.4, -0.2) is 26.6 Å². The number of nitrogens with zero attached hydrogens (tertiary/aromatic N) is 2. The zero-order chi connectivity index (χ0) is 22.9. The predicted molar refractivity (Wildman–Crippen MR) is 138 cm³/mol. The van der Waals surface area contributed by atoms with Crippen molar-refractivity contribution in [1.82, 2.24) is 0 Å². The maximum absolute atomic E-state index is 5.18. The largest absolute Gasteiger partial charge is 0.497 e. The third-order valence-electron chi connectivity index (χ3n) is 4.87. The minimum atomic E-state index is 0.839. The van der Waals surface area contributed by atoms with Crippen molar-refractivity contribution in [2.24, 2.45) is 9.98 Å². The summed E-state index contributed by atoms with van der Waals surface area (Å²) in [6.07, 6.45) is 3.71. The van der Waals surface area contributed by atoms with Crippen LogP contribution in [0, 0.1) is 0 Å². The summed E-state index contributed by atoms with van der Waals surface area (Å²) in [6.45, 7) is 0. The van der Waals surface area contributed by atoms with Crippen LogP contribution in [0.1, 0.15) is 11.1 Å². The molecule has 0 saturated heterocycles. The Morgan fingerprint density at radius 1 is 0.515 bits per heavy atom. The van der Waals surface area contributed by atoms with Gasteiger partial charge in [0.2, 0.25) is 0 Å². The Bertz CT molecular complexity index is 1120. The third-order valence-corrected chi connectivity index (χ3v) is 5.88. The molecule has 0 N–H and O–H groups in total. The minimum absolute atomic E-state index is 0.839. The molecular weight excluding hydrogens is 428 g/mol. The molecule has 0 unspecified atom stereocenters. The molecule has 0 amide bonds. The van der Waals surface area contributed by atoms with E-state index in [9.17, 15) is 0 Å². The summed E-state index contributed by atoms with van der Waals surface area (Å²) in [6, 6.07) is 32.1. The molecule has 0 aliphatic rings. The Morgan fingerprint density at radius 3 is 1.21 bits per heavy atom. The van der Waals surface area contributed by atoms with Crippen LogP contribution < -0.4 is 9.47 Å². The van der Waals surface area contributed by atoms with Gasteiger partial charge in [0.1, 0.15) is 11.5 Å². The van der Waals surface area contributed by atoms with Gasteiger partial charge in [-0.1, -0.05) is 11.8 Å². The predicted octanol–water partition coefficient (Wildman–Crippen LogP) is 7.36. The number of methoxy groups -OCH3 is 2. The van der Waals surface area contributed by atoms with Crippen molar-refractivity contribution in [3.63, 3.8) is 0 Å². The van der Waals surface area contributed by atoms with Gasteiger partial charge in [0, 0.05) is 22.2 Å². The lowest BCUT2D eigenvalue weighted by Gasteiger charge is -2.03. The number of ether oxygens (including phenoxy) is 2. The van der Waals surface area contributed by atoms with E-state index >= 15 is 0 Å². The molecule has 0 fully saturated rings. The molecule has 0 aromatic heterocycles. The molecular formula is C28H24N2O2S. The number of benzene rings is 4. The molecule has 33 heavy (non-hydrogen) atoms. The quantitative estimate of drug-likeness (QED) is 0.262. The van der Waals surface area contributed by atoms with Crippen molar-refractivity contribution in [2.75, 3.05) is 14.2 Å². The molecule has 0 spiro atoms. The maximum Gasteiger partial charge on any atom is 0.118 e. The van der Waals surface area contributed by atoms with Crippen molar-refractivity contribution in [3.05, 3.63) is 108 Å². The van der Waals surface area contributed by atoms with Crippen molar-refractivity contribution in [1.29, 1.82) is 0 Å². The molecule has 0 aliphatic carbocycles. The molecule has 0 atom stereocenters. The molecule has 4 nitrogen and oxygen atoms in total. The molecule has 0 saturated carbocycles. The second kappa shape index (κ2) is 11.2. The lowest BCUT2D eigenvalue weighted by Crippen LogP contribution is -1.84. The van der Waals surface area contributed by atoms with Gasteiger partial charge >= 0.3 is 0 Å². The summed E-state index contributed by atoms with van der Waals surface area (Å²) in [5, 5.41) is 0. The molecule has 4 rings (SSSR count). The van der Waals surface area contributed by atoms with E-state index in [1.165, 1.54) is 0 Å². The van der Waals surface area contributed by atoms with Crippen LogP contribution in [-0.2, 0) is 0 Å². The Kier molecular flexibility index (Phi) is 7.56. The minimum Gasteiger partial charge on any atom is -0.497 e. The Hall–Kier alpha value is -3.83. The number of rotatable bonds is 8. The second-order valence-corrected chi connectivity index (χ2v) is 8.30. The first-order chi connectivity index (χ1) is 16.2. The van der Waals surface area contributed by atoms with Crippen LogP contribution in [0.3, 0.4) is 0 Å². The Morgan fingerprint density at radius 2 is 0.879 bits per heavy atom. The van der Waals surface area contributed by atoms with Gasteiger partial charge in [0.05, 0.1) is 25.6 Å². The average molecular weight is 453 g/mol. The van der Waals surface area contributed by atoms with Gasteiger partial charge in [0.25, 0.3) is 0 Å². The van der Waals surface area contributed by atoms with Crippen molar-refractivity contribution in [3.8, 4) is 11.5 Å². The highest BCUT2D eigenvalue weighted by Gasteiger charge is 1.99. The fourth-order valence-electron chi connectivity index (χ4n) is 3.01. The highest BCUT2D eigenvalue weighted by molar-refractivity contribution is 7.99. The van der Waals surface area contributed by atoms with Crippen molar-refractivity contribution < 1.29 is 9.47 Å². The van der Waals surface area contributed by atoms with E-state index < -0.39 is 0 Å². The highest BCUT2D eigenvalue weighted by atomic mass is 32.2. The molecule has 0 heterocycles. The SMILES string of the molecule is COc1ccc(C=Nc2ccc(Sc3ccc(N=Cc4ccc(OC)cc4)cc3)cc2)cc1.